The molecule has 1 fully saturated rings. The third kappa shape index (κ3) is 2.71. The molecule has 2 unspecified atom stereocenters. The van der Waals surface area contributed by atoms with Gasteiger partial charge in [-0.05, 0) is 55.9 Å². The number of benzene rings is 1. The molecular weight excluding hydrogens is 244 g/mol. The highest BCUT2D eigenvalue weighted by atomic mass is 15.2. The van der Waals surface area contributed by atoms with Crippen molar-refractivity contribution >= 4 is 5.69 Å². The lowest BCUT2D eigenvalue weighted by atomic mass is 9.70. The first kappa shape index (κ1) is 15.4. The van der Waals surface area contributed by atoms with Crippen LogP contribution in [0.5, 0.6) is 0 Å². The fourth-order valence-corrected chi connectivity index (χ4v) is 4.13. The monoisotopic (exact) mass is 274 g/mol. The summed E-state index contributed by atoms with van der Waals surface area (Å²) >= 11 is 0. The summed E-state index contributed by atoms with van der Waals surface area (Å²) in [7, 11) is 2.25. The molecule has 0 amide bonds. The van der Waals surface area contributed by atoms with E-state index in [2.05, 4.69) is 50.9 Å². The van der Waals surface area contributed by atoms with Crippen molar-refractivity contribution in [1.29, 1.82) is 0 Å². The first-order valence-corrected chi connectivity index (χ1v) is 8.05. The Balaban J connectivity index is 2.38. The van der Waals surface area contributed by atoms with Gasteiger partial charge in [0.1, 0.15) is 0 Å². The molecule has 0 saturated heterocycles. The highest BCUT2D eigenvalue weighted by Gasteiger charge is 2.42. The van der Waals surface area contributed by atoms with E-state index in [0.717, 1.165) is 6.54 Å². The molecule has 0 bridgehead atoms. The topological polar surface area (TPSA) is 29.3 Å². The van der Waals surface area contributed by atoms with Crippen molar-refractivity contribution in [1.82, 2.24) is 0 Å². The molecule has 0 radical (unpaired) electrons. The summed E-state index contributed by atoms with van der Waals surface area (Å²) in [6.07, 6.45) is 6.45. The summed E-state index contributed by atoms with van der Waals surface area (Å²) in [6, 6.07) is 6.84. The van der Waals surface area contributed by atoms with E-state index in [-0.39, 0.29) is 5.54 Å². The van der Waals surface area contributed by atoms with Crippen LogP contribution >= 0.6 is 0 Å². The number of nitrogens with zero attached hydrogens (tertiary/aromatic N) is 1. The second-order valence-electron chi connectivity index (χ2n) is 6.56. The Labute approximate surface area is 124 Å². The second kappa shape index (κ2) is 6.17. The van der Waals surface area contributed by atoms with Crippen LogP contribution in [0.2, 0.25) is 0 Å². The highest BCUT2D eigenvalue weighted by Crippen LogP contribution is 2.41. The predicted molar refractivity (Wildman–Crippen MR) is 88.4 cm³/mol. The van der Waals surface area contributed by atoms with Crippen molar-refractivity contribution in [3.8, 4) is 0 Å². The lowest BCUT2D eigenvalue weighted by Gasteiger charge is -2.50. The summed E-state index contributed by atoms with van der Waals surface area (Å²) < 4.78 is 0. The van der Waals surface area contributed by atoms with Gasteiger partial charge in [-0.15, -0.1) is 0 Å². The van der Waals surface area contributed by atoms with E-state index >= 15 is 0 Å². The van der Waals surface area contributed by atoms with E-state index < -0.39 is 0 Å². The number of nitrogens with two attached hydrogens (primary N) is 1. The van der Waals surface area contributed by atoms with Gasteiger partial charge in [0, 0.05) is 19.3 Å². The third-order valence-corrected chi connectivity index (χ3v) is 5.28. The van der Waals surface area contributed by atoms with Crippen molar-refractivity contribution in [3.63, 3.8) is 0 Å². The van der Waals surface area contributed by atoms with Gasteiger partial charge in [-0.3, -0.25) is 0 Å². The van der Waals surface area contributed by atoms with E-state index in [1.807, 2.05) is 0 Å². The Morgan fingerprint density at radius 2 is 1.85 bits per heavy atom. The maximum absolute atomic E-state index is 6.28. The van der Waals surface area contributed by atoms with Gasteiger partial charge in [-0.25, -0.2) is 0 Å². The van der Waals surface area contributed by atoms with Gasteiger partial charge in [-0.1, -0.05) is 32.3 Å². The van der Waals surface area contributed by atoms with E-state index in [1.54, 1.807) is 0 Å². The Hall–Kier alpha value is -1.02. The maximum atomic E-state index is 6.28. The molecule has 1 saturated carbocycles. The molecule has 2 heteroatoms. The second-order valence-corrected chi connectivity index (χ2v) is 6.56. The molecular formula is C18H30N2. The summed E-state index contributed by atoms with van der Waals surface area (Å²) in [4.78, 5) is 2.49. The Kier molecular flexibility index (Phi) is 4.74. The van der Waals surface area contributed by atoms with Crippen LogP contribution in [0.25, 0.3) is 0 Å². The summed E-state index contributed by atoms with van der Waals surface area (Å²) in [6.45, 7) is 7.43. The van der Waals surface area contributed by atoms with Gasteiger partial charge in [0.2, 0.25) is 0 Å². The van der Waals surface area contributed by atoms with E-state index in [1.165, 1.54) is 48.9 Å². The zero-order valence-electron chi connectivity index (χ0n) is 13.6. The average molecular weight is 274 g/mol. The van der Waals surface area contributed by atoms with Gasteiger partial charge in [0.05, 0.1) is 5.54 Å². The Morgan fingerprint density at radius 3 is 2.40 bits per heavy atom. The molecule has 1 aliphatic carbocycles. The zero-order chi connectivity index (χ0) is 14.8. The molecule has 112 valence electrons. The van der Waals surface area contributed by atoms with Crippen LogP contribution in [0.15, 0.2) is 18.2 Å². The Bertz CT molecular complexity index is 434. The molecule has 0 aliphatic heterocycles. The van der Waals surface area contributed by atoms with Crippen molar-refractivity contribution in [2.45, 2.75) is 58.4 Å². The van der Waals surface area contributed by atoms with Gasteiger partial charge in [0.15, 0.2) is 0 Å². The van der Waals surface area contributed by atoms with Crippen LogP contribution in [0, 0.1) is 19.8 Å². The Morgan fingerprint density at radius 1 is 1.20 bits per heavy atom. The lowest BCUT2D eigenvalue weighted by molar-refractivity contribution is 0.183. The summed E-state index contributed by atoms with van der Waals surface area (Å²) in [5.41, 5.74) is 10.4. The zero-order valence-corrected chi connectivity index (χ0v) is 13.6. The minimum absolute atomic E-state index is 0.146. The first-order valence-electron chi connectivity index (χ1n) is 8.05. The van der Waals surface area contributed by atoms with E-state index in [4.69, 9.17) is 5.73 Å². The lowest BCUT2D eigenvalue weighted by Crippen LogP contribution is -2.58. The van der Waals surface area contributed by atoms with Crippen LogP contribution in [0.4, 0.5) is 5.69 Å². The highest BCUT2D eigenvalue weighted by molar-refractivity contribution is 5.53. The number of likely N-dealkylation sites (N-methyl/N-ethyl adjacent to an activating group) is 1. The van der Waals surface area contributed by atoms with Gasteiger partial charge in [0.25, 0.3) is 0 Å². The van der Waals surface area contributed by atoms with Crippen LogP contribution < -0.4 is 10.6 Å². The molecule has 2 atom stereocenters. The first-order chi connectivity index (χ1) is 9.53. The maximum Gasteiger partial charge on any atom is 0.0548 e. The quantitative estimate of drug-likeness (QED) is 0.898. The summed E-state index contributed by atoms with van der Waals surface area (Å²) in [5.74, 6) is 0.715. The normalized spacial score (nSPS) is 26.6. The van der Waals surface area contributed by atoms with Gasteiger partial charge < -0.3 is 10.6 Å². The van der Waals surface area contributed by atoms with Crippen molar-refractivity contribution in [2.75, 3.05) is 18.5 Å². The van der Waals surface area contributed by atoms with Crippen LogP contribution in [0.3, 0.4) is 0 Å². The molecule has 2 rings (SSSR count). The van der Waals surface area contributed by atoms with Gasteiger partial charge >= 0.3 is 0 Å². The average Bonchev–Trinajstić information content (AvgIpc) is 2.45. The van der Waals surface area contributed by atoms with Crippen LogP contribution in [-0.4, -0.2) is 19.1 Å². The van der Waals surface area contributed by atoms with E-state index in [9.17, 15) is 0 Å². The minimum Gasteiger partial charge on any atom is -0.367 e. The van der Waals surface area contributed by atoms with Gasteiger partial charge in [-0.2, -0.15) is 0 Å². The minimum atomic E-state index is 0.146. The fourth-order valence-electron chi connectivity index (χ4n) is 4.13. The van der Waals surface area contributed by atoms with Crippen LogP contribution in [0.1, 0.15) is 50.2 Å². The molecule has 1 aromatic carbocycles. The number of hydrogen-bond donors (Lipinski definition) is 1. The molecule has 0 heterocycles. The molecule has 0 spiro atoms. The fraction of sp³-hybridized carbons (Fsp3) is 0.667. The van der Waals surface area contributed by atoms with Crippen molar-refractivity contribution < 1.29 is 0 Å². The number of aryl methyl sites for hydroxylation is 2. The van der Waals surface area contributed by atoms with Crippen molar-refractivity contribution in [3.05, 3.63) is 29.3 Å². The van der Waals surface area contributed by atoms with Crippen molar-refractivity contribution in [2.24, 2.45) is 11.7 Å². The van der Waals surface area contributed by atoms with E-state index in [0.29, 0.717) is 5.92 Å². The molecule has 1 aliphatic rings. The number of hydrogen-bond acceptors (Lipinski definition) is 2. The smallest absolute Gasteiger partial charge is 0.0548 e. The molecule has 20 heavy (non-hydrogen) atoms. The standard InChI is InChI=1S/C18H30N2/c1-5-16-8-6-7-9-18(16,13-19)20(4)17-11-14(2)10-15(3)12-17/h10-12,16H,5-9,13,19H2,1-4H3. The van der Waals surface area contributed by atoms with Crippen LogP contribution in [-0.2, 0) is 0 Å². The predicted octanol–water partition coefficient (Wildman–Crippen LogP) is 4.04. The molecule has 1 aromatic rings. The number of rotatable bonds is 4. The summed E-state index contributed by atoms with van der Waals surface area (Å²) in [5, 5.41) is 0. The molecule has 2 N–H and O–H groups in total. The molecule has 0 aromatic heterocycles. The largest absolute Gasteiger partial charge is 0.367 e. The number of anilines is 1. The molecule has 2 nitrogen and oxygen atoms in total. The third-order valence-electron chi connectivity index (χ3n) is 5.28. The SMILES string of the molecule is CCC1CCCCC1(CN)N(C)c1cc(C)cc(C)c1.